The van der Waals surface area contributed by atoms with E-state index < -0.39 is 4.92 Å². The van der Waals surface area contributed by atoms with Gasteiger partial charge in [0.05, 0.1) is 12.0 Å². The maximum absolute atomic E-state index is 12.2. The smallest absolute Gasteiger partial charge is 0.269 e. The van der Waals surface area contributed by atoms with E-state index in [1.807, 2.05) is 0 Å². The van der Waals surface area contributed by atoms with Gasteiger partial charge < -0.3 is 19.3 Å². The number of non-ortho nitro benzene ring substituents is 1. The number of methoxy groups -OCH3 is 1. The number of ether oxygens (including phenoxy) is 2. The number of aromatic nitrogens is 2. The summed E-state index contributed by atoms with van der Waals surface area (Å²) in [5, 5.41) is 17.5. The van der Waals surface area contributed by atoms with E-state index >= 15 is 0 Å². The quantitative estimate of drug-likeness (QED) is 0.313. The third-order valence-corrected chi connectivity index (χ3v) is 4.59. The molecule has 0 radical (unpaired) electrons. The molecule has 10 heteroatoms. The Morgan fingerprint density at radius 2 is 1.79 bits per heavy atom. The van der Waals surface area contributed by atoms with Gasteiger partial charge in [-0.25, -0.2) is 0 Å². The van der Waals surface area contributed by atoms with Crippen LogP contribution in [0.2, 0.25) is 0 Å². The van der Waals surface area contributed by atoms with Crippen molar-refractivity contribution in [3.8, 4) is 34.3 Å². The number of carbonyl (C=O) groups excluding carboxylic acids is 1. The number of nitro benzene ring substituents is 1. The average molecular weight is 446 g/mol. The summed E-state index contributed by atoms with van der Waals surface area (Å²) in [6.45, 7) is -0.185. The zero-order valence-corrected chi connectivity index (χ0v) is 17.4. The molecular formula is C23H18N4O6. The van der Waals surface area contributed by atoms with Crippen molar-refractivity contribution in [1.29, 1.82) is 0 Å². The van der Waals surface area contributed by atoms with Gasteiger partial charge >= 0.3 is 0 Å². The van der Waals surface area contributed by atoms with E-state index in [1.165, 1.54) is 24.3 Å². The van der Waals surface area contributed by atoms with Crippen LogP contribution in [0.15, 0.2) is 77.3 Å². The molecule has 0 aliphatic rings. The second-order valence-electron chi connectivity index (χ2n) is 6.82. The van der Waals surface area contributed by atoms with Crippen LogP contribution in [0.25, 0.3) is 22.8 Å². The predicted molar refractivity (Wildman–Crippen MR) is 119 cm³/mol. The normalized spacial score (nSPS) is 10.5. The third-order valence-electron chi connectivity index (χ3n) is 4.59. The Balaban J connectivity index is 1.39. The lowest BCUT2D eigenvalue weighted by Gasteiger charge is -2.08. The molecule has 0 saturated carbocycles. The molecule has 33 heavy (non-hydrogen) atoms. The molecule has 0 spiro atoms. The average Bonchev–Trinajstić information content (AvgIpc) is 3.34. The first-order chi connectivity index (χ1) is 16.0. The minimum atomic E-state index is -0.480. The highest BCUT2D eigenvalue weighted by molar-refractivity contribution is 5.91. The number of nitrogens with zero attached hydrogens (tertiary/aromatic N) is 3. The van der Waals surface area contributed by atoms with Crippen molar-refractivity contribution >= 4 is 17.3 Å². The Morgan fingerprint density at radius 1 is 1.03 bits per heavy atom. The van der Waals surface area contributed by atoms with Crippen LogP contribution in [-0.2, 0) is 4.79 Å². The fourth-order valence-corrected chi connectivity index (χ4v) is 2.93. The molecule has 0 saturated heterocycles. The van der Waals surface area contributed by atoms with Crippen molar-refractivity contribution in [2.45, 2.75) is 0 Å². The van der Waals surface area contributed by atoms with E-state index in [9.17, 15) is 14.9 Å². The van der Waals surface area contributed by atoms with Crippen molar-refractivity contribution in [3.63, 3.8) is 0 Å². The second kappa shape index (κ2) is 9.60. The number of benzene rings is 3. The highest BCUT2D eigenvalue weighted by Gasteiger charge is 2.13. The van der Waals surface area contributed by atoms with E-state index in [0.717, 1.165) is 0 Å². The van der Waals surface area contributed by atoms with Gasteiger partial charge in [-0.1, -0.05) is 17.3 Å². The minimum absolute atomic E-state index is 0.0284. The van der Waals surface area contributed by atoms with Crippen LogP contribution in [-0.4, -0.2) is 34.7 Å². The van der Waals surface area contributed by atoms with Gasteiger partial charge in [-0.05, 0) is 48.5 Å². The summed E-state index contributed by atoms with van der Waals surface area (Å²) < 4.78 is 16.0. The molecule has 4 rings (SSSR count). The largest absolute Gasteiger partial charge is 0.497 e. The first-order valence-electron chi connectivity index (χ1n) is 9.77. The summed E-state index contributed by atoms with van der Waals surface area (Å²) in [5.41, 5.74) is 1.78. The van der Waals surface area contributed by atoms with Crippen LogP contribution >= 0.6 is 0 Å². The van der Waals surface area contributed by atoms with Crippen LogP contribution in [0.5, 0.6) is 11.5 Å². The van der Waals surface area contributed by atoms with Crippen molar-refractivity contribution in [2.24, 2.45) is 0 Å². The van der Waals surface area contributed by atoms with Gasteiger partial charge in [0.1, 0.15) is 11.5 Å². The SMILES string of the molecule is COc1ccc(NC(=O)COc2cccc(-c3noc(-c4ccc([N+](=O)[O-])cc4)n3)c2)cc1. The maximum atomic E-state index is 12.2. The first-order valence-corrected chi connectivity index (χ1v) is 9.77. The molecule has 1 aromatic heterocycles. The Kier molecular flexibility index (Phi) is 6.26. The van der Waals surface area contributed by atoms with E-state index in [4.69, 9.17) is 14.0 Å². The Bertz CT molecular complexity index is 1270. The first kappa shape index (κ1) is 21.5. The second-order valence-corrected chi connectivity index (χ2v) is 6.82. The molecule has 0 unspecified atom stereocenters. The fourth-order valence-electron chi connectivity index (χ4n) is 2.93. The lowest BCUT2D eigenvalue weighted by atomic mass is 10.2. The molecule has 0 aliphatic carbocycles. The van der Waals surface area contributed by atoms with E-state index in [-0.39, 0.29) is 24.1 Å². The van der Waals surface area contributed by atoms with E-state index in [0.29, 0.717) is 34.1 Å². The van der Waals surface area contributed by atoms with Crippen LogP contribution < -0.4 is 14.8 Å². The number of nitrogens with one attached hydrogen (secondary N) is 1. The topological polar surface area (TPSA) is 130 Å². The van der Waals surface area contributed by atoms with Crippen LogP contribution in [0.4, 0.5) is 11.4 Å². The highest BCUT2D eigenvalue weighted by Crippen LogP contribution is 2.26. The summed E-state index contributed by atoms with van der Waals surface area (Å²) in [6, 6.07) is 19.7. The lowest BCUT2D eigenvalue weighted by molar-refractivity contribution is -0.384. The maximum Gasteiger partial charge on any atom is 0.269 e. The zero-order chi connectivity index (χ0) is 23.2. The number of hydrogen-bond donors (Lipinski definition) is 1. The van der Waals surface area contributed by atoms with Crippen molar-refractivity contribution in [2.75, 3.05) is 19.0 Å². The molecule has 4 aromatic rings. The van der Waals surface area contributed by atoms with Gasteiger partial charge in [-0.15, -0.1) is 0 Å². The van der Waals surface area contributed by atoms with Gasteiger partial charge in [0.2, 0.25) is 5.82 Å². The monoisotopic (exact) mass is 446 g/mol. The Hall–Kier alpha value is -4.73. The molecule has 1 N–H and O–H groups in total. The van der Waals surface area contributed by atoms with Gasteiger partial charge in [-0.3, -0.25) is 14.9 Å². The molecule has 0 atom stereocenters. The van der Waals surface area contributed by atoms with Crippen molar-refractivity contribution in [3.05, 3.63) is 82.9 Å². The summed E-state index contributed by atoms with van der Waals surface area (Å²) in [5.74, 6) is 1.38. The summed E-state index contributed by atoms with van der Waals surface area (Å²) >= 11 is 0. The van der Waals surface area contributed by atoms with Gasteiger partial charge in [0.15, 0.2) is 6.61 Å². The van der Waals surface area contributed by atoms with Gasteiger partial charge in [0, 0.05) is 28.9 Å². The number of rotatable bonds is 8. The molecule has 0 aliphatic heterocycles. The molecule has 0 fully saturated rings. The molecule has 1 amide bonds. The molecule has 3 aromatic carbocycles. The summed E-state index contributed by atoms with van der Waals surface area (Å²) in [6.07, 6.45) is 0. The van der Waals surface area contributed by atoms with Crippen LogP contribution in [0, 0.1) is 10.1 Å². The van der Waals surface area contributed by atoms with Crippen LogP contribution in [0.1, 0.15) is 0 Å². The van der Waals surface area contributed by atoms with Gasteiger partial charge in [-0.2, -0.15) is 4.98 Å². The summed E-state index contributed by atoms with van der Waals surface area (Å²) in [7, 11) is 1.57. The lowest BCUT2D eigenvalue weighted by Crippen LogP contribution is -2.20. The Morgan fingerprint density at radius 3 is 2.48 bits per heavy atom. The summed E-state index contributed by atoms with van der Waals surface area (Å²) in [4.78, 5) is 26.8. The highest BCUT2D eigenvalue weighted by atomic mass is 16.6. The number of anilines is 1. The van der Waals surface area contributed by atoms with Crippen LogP contribution in [0.3, 0.4) is 0 Å². The van der Waals surface area contributed by atoms with Gasteiger partial charge in [0.25, 0.3) is 17.5 Å². The fraction of sp³-hybridized carbons (Fsp3) is 0.0870. The third kappa shape index (κ3) is 5.31. The predicted octanol–water partition coefficient (Wildman–Crippen LogP) is 4.34. The molecule has 10 nitrogen and oxygen atoms in total. The number of hydrogen-bond acceptors (Lipinski definition) is 8. The van der Waals surface area contributed by atoms with E-state index in [2.05, 4.69) is 15.5 Å². The number of amides is 1. The Labute approximate surface area is 187 Å². The molecule has 0 bridgehead atoms. The van der Waals surface area contributed by atoms with Crippen molar-refractivity contribution in [1.82, 2.24) is 10.1 Å². The number of nitro groups is 1. The molecule has 1 heterocycles. The van der Waals surface area contributed by atoms with E-state index in [1.54, 1.807) is 55.6 Å². The molecule has 166 valence electrons. The van der Waals surface area contributed by atoms with Crippen molar-refractivity contribution < 1.29 is 23.7 Å². The minimum Gasteiger partial charge on any atom is -0.497 e. The standard InChI is InChI=1S/C23H18N4O6/c1-31-19-11-7-17(8-12-19)24-21(28)14-32-20-4-2-3-16(13-20)22-25-23(33-26-22)15-5-9-18(10-6-15)27(29)30/h2-13H,14H2,1H3,(H,24,28). The number of carbonyl (C=O) groups is 1. The zero-order valence-electron chi connectivity index (χ0n) is 17.4. The molecular weight excluding hydrogens is 428 g/mol.